The Balaban J connectivity index is 2.07. The maximum atomic E-state index is 2.27. The minimum Gasteiger partial charge on any atom is -0.0802 e. The van der Waals surface area contributed by atoms with Crippen LogP contribution in [-0.4, -0.2) is 0 Å². The zero-order valence-electron chi connectivity index (χ0n) is 9.65. The lowest BCUT2D eigenvalue weighted by molar-refractivity contribution is 0.667. The smallest absolute Gasteiger partial charge is 0.0167 e. The Morgan fingerprint density at radius 1 is 1.00 bits per heavy atom. The molecule has 0 bridgehead atoms. The van der Waals surface area contributed by atoms with Gasteiger partial charge in [0.15, 0.2) is 0 Å². The summed E-state index contributed by atoms with van der Waals surface area (Å²) in [6, 6.07) is 10.4. The Morgan fingerprint density at radius 3 is 2.53 bits per heavy atom. The van der Waals surface area contributed by atoms with E-state index in [1.54, 1.807) is 0 Å². The van der Waals surface area contributed by atoms with Crippen molar-refractivity contribution >= 4 is 6.08 Å². The third-order valence-corrected chi connectivity index (χ3v) is 2.45. The highest BCUT2D eigenvalue weighted by molar-refractivity contribution is 5.49. The Hall–Kier alpha value is -1.04. The van der Waals surface area contributed by atoms with Gasteiger partial charge >= 0.3 is 0 Å². The van der Waals surface area contributed by atoms with E-state index in [2.05, 4.69) is 49.8 Å². The van der Waals surface area contributed by atoms with Gasteiger partial charge in [0.05, 0.1) is 0 Å². The van der Waals surface area contributed by atoms with Crippen molar-refractivity contribution in [2.24, 2.45) is 0 Å². The van der Waals surface area contributed by atoms with E-state index in [0.29, 0.717) is 0 Å². The average Bonchev–Trinajstić information content (AvgIpc) is 2.29. The van der Waals surface area contributed by atoms with Crippen molar-refractivity contribution in [3.8, 4) is 0 Å². The molecule has 0 heterocycles. The molecule has 1 radical (unpaired) electrons. The fourth-order valence-corrected chi connectivity index (χ4v) is 1.53. The van der Waals surface area contributed by atoms with Crippen LogP contribution in [0.25, 0.3) is 6.08 Å². The molecule has 0 spiro atoms. The molecule has 0 N–H and O–H groups in total. The van der Waals surface area contributed by atoms with Gasteiger partial charge in [-0.05, 0) is 18.4 Å². The molecular weight excluding hydrogens is 180 g/mol. The first-order valence-electron chi connectivity index (χ1n) is 5.98. The van der Waals surface area contributed by atoms with Gasteiger partial charge in [-0.25, -0.2) is 0 Å². The van der Waals surface area contributed by atoms with Crippen LogP contribution in [-0.2, 0) is 0 Å². The van der Waals surface area contributed by atoms with Crippen molar-refractivity contribution in [3.63, 3.8) is 0 Å². The number of hydrogen-bond acceptors (Lipinski definition) is 0. The van der Waals surface area contributed by atoms with Gasteiger partial charge < -0.3 is 0 Å². The van der Waals surface area contributed by atoms with Crippen LogP contribution in [0, 0.1) is 6.42 Å². The number of benzene rings is 1. The Labute approximate surface area is 94.0 Å². The largest absolute Gasteiger partial charge is 0.0802 e. The molecule has 0 amide bonds. The molecular formula is C15H21. The van der Waals surface area contributed by atoms with Crippen molar-refractivity contribution in [1.82, 2.24) is 0 Å². The van der Waals surface area contributed by atoms with Crippen molar-refractivity contribution in [2.75, 3.05) is 0 Å². The fourth-order valence-electron chi connectivity index (χ4n) is 1.53. The van der Waals surface area contributed by atoms with Crippen LogP contribution in [0.3, 0.4) is 0 Å². The SMILES string of the molecule is CCCCCC[CH]C=Cc1ccccc1. The van der Waals surface area contributed by atoms with Gasteiger partial charge in [-0.15, -0.1) is 0 Å². The topological polar surface area (TPSA) is 0 Å². The molecule has 0 heteroatoms. The van der Waals surface area contributed by atoms with Crippen LogP contribution in [0.15, 0.2) is 36.4 Å². The summed E-state index contributed by atoms with van der Waals surface area (Å²) < 4.78 is 0. The molecule has 81 valence electrons. The number of allylic oxidation sites excluding steroid dienone is 1. The van der Waals surface area contributed by atoms with E-state index >= 15 is 0 Å². The Kier molecular flexibility index (Phi) is 6.64. The van der Waals surface area contributed by atoms with Crippen LogP contribution >= 0.6 is 0 Å². The van der Waals surface area contributed by atoms with Gasteiger partial charge in [0.1, 0.15) is 0 Å². The molecule has 0 saturated carbocycles. The summed E-state index contributed by atoms with van der Waals surface area (Å²) in [6.45, 7) is 2.25. The predicted octanol–water partition coefficient (Wildman–Crippen LogP) is 4.87. The first kappa shape index (κ1) is 12.0. The standard InChI is InChI=1S/C15H21/c1-2-3-4-5-6-7-9-12-15-13-10-8-11-14-15/h7-14H,2-6H2,1H3. The van der Waals surface area contributed by atoms with E-state index in [9.17, 15) is 0 Å². The Bertz CT molecular complexity index is 259. The normalized spacial score (nSPS) is 11.0. The number of unbranched alkanes of at least 4 members (excludes halogenated alkanes) is 5. The van der Waals surface area contributed by atoms with Crippen molar-refractivity contribution in [2.45, 2.75) is 39.0 Å². The molecule has 0 aliphatic carbocycles. The minimum absolute atomic E-state index is 1.21. The molecule has 0 unspecified atom stereocenters. The molecule has 1 aromatic carbocycles. The Morgan fingerprint density at radius 2 is 1.80 bits per heavy atom. The summed E-state index contributed by atoms with van der Waals surface area (Å²) in [4.78, 5) is 0. The molecule has 15 heavy (non-hydrogen) atoms. The van der Waals surface area contributed by atoms with Gasteiger partial charge in [-0.2, -0.15) is 0 Å². The molecule has 0 atom stereocenters. The van der Waals surface area contributed by atoms with E-state index in [1.807, 2.05) is 6.07 Å². The second kappa shape index (κ2) is 8.28. The second-order valence-corrected chi connectivity index (χ2v) is 3.85. The lowest BCUT2D eigenvalue weighted by Crippen LogP contribution is -1.76. The molecule has 0 aromatic heterocycles. The van der Waals surface area contributed by atoms with Crippen molar-refractivity contribution < 1.29 is 0 Å². The lowest BCUT2D eigenvalue weighted by Gasteiger charge is -1.96. The molecule has 0 nitrogen and oxygen atoms in total. The summed E-state index contributed by atoms with van der Waals surface area (Å²) >= 11 is 0. The summed E-state index contributed by atoms with van der Waals surface area (Å²) in [5.74, 6) is 0. The van der Waals surface area contributed by atoms with E-state index in [0.717, 1.165) is 0 Å². The number of hydrogen-bond donors (Lipinski definition) is 0. The highest BCUT2D eigenvalue weighted by Gasteiger charge is 1.87. The highest BCUT2D eigenvalue weighted by Crippen LogP contribution is 2.06. The van der Waals surface area contributed by atoms with Gasteiger partial charge in [0.2, 0.25) is 0 Å². The van der Waals surface area contributed by atoms with Gasteiger partial charge in [-0.3, -0.25) is 0 Å². The van der Waals surface area contributed by atoms with Crippen LogP contribution in [0.1, 0.15) is 44.6 Å². The monoisotopic (exact) mass is 201 g/mol. The quantitative estimate of drug-likeness (QED) is 0.552. The van der Waals surface area contributed by atoms with E-state index in [-0.39, 0.29) is 0 Å². The minimum atomic E-state index is 1.21. The molecule has 0 aliphatic rings. The lowest BCUT2D eigenvalue weighted by atomic mass is 10.1. The van der Waals surface area contributed by atoms with E-state index < -0.39 is 0 Å². The van der Waals surface area contributed by atoms with Gasteiger partial charge in [-0.1, -0.05) is 75.1 Å². The third kappa shape index (κ3) is 6.11. The molecule has 1 rings (SSSR count). The molecule has 1 aromatic rings. The predicted molar refractivity (Wildman–Crippen MR) is 68.5 cm³/mol. The summed E-state index contributed by atoms with van der Waals surface area (Å²) in [6.07, 6.45) is 13.2. The van der Waals surface area contributed by atoms with Crippen LogP contribution in [0.5, 0.6) is 0 Å². The summed E-state index contributed by atoms with van der Waals surface area (Å²) in [5, 5.41) is 0. The van der Waals surface area contributed by atoms with E-state index in [1.165, 1.54) is 37.7 Å². The van der Waals surface area contributed by atoms with Crippen molar-refractivity contribution in [3.05, 3.63) is 48.4 Å². The second-order valence-electron chi connectivity index (χ2n) is 3.85. The molecule has 0 saturated heterocycles. The van der Waals surface area contributed by atoms with Crippen molar-refractivity contribution in [1.29, 1.82) is 0 Å². The van der Waals surface area contributed by atoms with Gasteiger partial charge in [0, 0.05) is 0 Å². The van der Waals surface area contributed by atoms with Crippen LogP contribution in [0.4, 0.5) is 0 Å². The third-order valence-electron chi connectivity index (χ3n) is 2.45. The molecule has 0 fully saturated rings. The first-order chi connectivity index (χ1) is 7.43. The van der Waals surface area contributed by atoms with Crippen LogP contribution < -0.4 is 0 Å². The van der Waals surface area contributed by atoms with Gasteiger partial charge in [0.25, 0.3) is 0 Å². The zero-order chi connectivity index (χ0) is 10.8. The maximum Gasteiger partial charge on any atom is -0.0167 e. The maximum absolute atomic E-state index is 2.27. The molecule has 0 aliphatic heterocycles. The van der Waals surface area contributed by atoms with E-state index in [4.69, 9.17) is 0 Å². The van der Waals surface area contributed by atoms with Crippen LogP contribution in [0.2, 0.25) is 0 Å². The highest BCUT2D eigenvalue weighted by atomic mass is 13.9. The number of rotatable bonds is 7. The average molecular weight is 201 g/mol. The summed E-state index contributed by atoms with van der Waals surface area (Å²) in [5.41, 5.74) is 1.28. The summed E-state index contributed by atoms with van der Waals surface area (Å²) in [7, 11) is 0. The zero-order valence-corrected chi connectivity index (χ0v) is 9.65. The fraction of sp³-hybridized carbons (Fsp3) is 0.400. The first-order valence-corrected chi connectivity index (χ1v) is 5.98.